The van der Waals surface area contributed by atoms with Crippen LogP contribution in [0.25, 0.3) is 55.6 Å². The summed E-state index contributed by atoms with van der Waals surface area (Å²) in [6, 6.07) is 51.3. The van der Waals surface area contributed by atoms with E-state index in [4.69, 9.17) is 0 Å². The van der Waals surface area contributed by atoms with Gasteiger partial charge in [-0.3, -0.25) is 0 Å². The van der Waals surface area contributed by atoms with E-state index < -0.39 is 10.8 Å². The highest BCUT2D eigenvalue weighted by Crippen LogP contribution is 2.63. The third-order valence-electron chi connectivity index (χ3n) is 12.8. The van der Waals surface area contributed by atoms with Crippen molar-refractivity contribution in [1.29, 1.82) is 0 Å². The van der Waals surface area contributed by atoms with E-state index in [1.165, 1.54) is 4.90 Å². The van der Waals surface area contributed by atoms with E-state index >= 15 is 0 Å². The molecule has 1 nitrogen and oxygen atoms in total. The summed E-state index contributed by atoms with van der Waals surface area (Å²) < 4.78 is 78.0. The van der Waals surface area contributed by atoms with Crippen LogP contribution in [0.5, 0.6) is 0 Å². The molecule has 59 heavy (non-hydrogen) atoms. The smallest absolute Gasteiger partial charge is 0.0726 e. The highest BCUT2D eigenvalue weighted by atomic mass is 15.1. The molecule has 0 unspecified atom stereocenters. The summed E-state index contributed by atoms with van der Waals surface area (Å²) >= 11 is 0. The fourth-order valence-corrected chi connectivity index (χ4v) is 10.4. The molecular weight excluding hydrogens is 711 g/mol. The molecule has 0 fully saturated rings. The molecule has 9 aromatic rings. The van der Waals surface area contributed by atoms with E-state index in [0.717, 1.165) is 66.8 Å². The number of anilines is 3. The van der Waals surface area contributed by atoms with Crippen LogP contribution in [-0.2, 0) is 10.8 Å². The van der Waals surface area contributed by atoms with E-state index in [1.807, 2.05) is 72.8 Å². The lowest BCUT2D eigenvalue weighted by atomic mass is 9.70. The minimum Gasteiger partial charge on any atom is -0.310 e. The zero-order valence-corrected chi connectivity index (χ0v) is 32.5. The van der Waals surface area contributed by atoms with Gasteiger partial charge in [-0.25, -0.2) is 0 Å². The molecular formula is C58H41N. The van der Waals surface area contributed by atoms with E-state index in [2.05, 4.69) is 80.6 Å². The standard InChI is InChI=1S/C58H41N/c1-57(2)51-23-10-6-20-48(51)50-22-14-21-44(56(50)57)40-29-33-42(34-30-40)59(41-31-27-39(28-32-41)38-15-4-3-5-16-38)43-35-36-49-47-19-9-13-26-54(47)58(55(49)37-43)52-24-11-7-17-45(52)46-18-8-12-25-53(46)58/h3-37H,1-2H3/i27D,28D,29D,30D,31D,32D,33D,34D. The fraction of sp³-hybridized carbons (Fsp3) is 0.0690. The number of rotatable bonds is 5. The number of hydrogen-bond acceptors (Lipinski definition) is 1. The molecule has 0 amide bonds. The lowest BCUT2D eigenvalue weighted by Crippen LogP contribution is -2.26. The van der Waals surface area contributed by atoms with Crippen molar-refractivity contribution in [3.63, 3.8) is 0 Å². The largest absolute Gasteiger partial charge is 0.310 e. The summed E-state index contributed by atoms with van der Waals surface area (Å²) in [5.74, 6) is 0. The third-order valence-corrected chi connectivity index (χ3v) is 12.8. The van der Waals surface area contributed by atoms with Crippen molar-refractivity contribution in [2.45, 2.75) is 24.7 Å². The Bertz CT molecular complexity index is 3490. The summed E-state index contributed by atoms with van der Waals surface area (Å²) in [5, 5.41) is 0. The van der Waals surface area contributed by atoms with Gasteiger partial charge in [0.05, 0.1) is 16.4 Å². The zero-order chi connectivity index (χ0) is 46.3. The highest BCUT2D eigenvalue weighted by molar-refractivity contribution is 5.96. The molecule has 0 N–H and O–H groups in total. The van der Waals surface area contributed by atoms with Gasteiger partial charge in [0.2, 0.25) is 0 Å². The van der Waals surface area contributed by atoms with Crippen molar-refractivity contribution in [3.05, 3.63) is 246 Å². The third kappa shape index (κ3) is 4.73. The molecule has 3 aliphatic rings. The van der Waals surface area contributed by atoms with E-state index in [1.54, 1.807) is 24.3 Å². The SMILES string of the molecule is [2H]c1c([2H])c(N(c2ccc3c(c2)C2(c4ccccc4-c4ccccc42)c2ccccc2-3)c2c([2H])c([2H])c(-c3cccc4c3C(C)(C)c3ccccc3-4)c([2H])c2[2H])c([2H])c([2H])c1-c1ccccc1. The average Bonchev–Trinajstić information content (AvgIpc) is 3.91. The first kappa shape index (κ1) is 26.7. The Kier molecular flexibility index (Phi) is 5.71. The molecule has 0 bridgehead atoms. The van der Waals surface area contributed by atoms with Crippen molar-refractivity contribution < 1.29 is 11.0 Å². The maximum atomic E-state index is 9.97. The molecule has 0 atom stereocenters. The van der Waals surface area contributed by atoms with Crippen LogP contribution in [0.2, 0.25) is 0 Å². The van der Waals surface area contributed by atoms with Crippen LogP contribution < -0.4 is 4.90 Å². The van der Waals surface area contributed by atoms with Gasteiger partial charge in [0.25, 0.3) is 0 Å². The molecule has 0 saturated heterocycles. The molecule has 278 valence electrons. The molecule has 9 aromatic carbocycles. The predicted molar refractivity (Wildman–Crippen MR) is 246 cm³/mol. The fourth-order valence-electron chi connectivity index (χ4n) is 10.4. The average molecular weight is 760 g/mol. The Morgan fingerprint density at radius 1 is 0.339 bits per heavy atom. The van der Waals surface area contributed by atoms with Gasteiger partial charge in [-0.1, -0.05) is 190 Å². The Morgan fingerprint density at radius 2 is 0.780 bits per heavy atom. The first-order chi connectivity index (χ1) is 32.4. The zero-order valence-electron chi connectivity index (χ0n) is 40.5. The lowest BCUT2D eigenvalue weighted by Gasteiger charge is -2.32. The summed E-state index contributed by atoms with van der Waals surface area (Å²) in [4.78, 5) is 1.44. The first-order valence-corrected chi connectivity index (χ1v) is 20.1. The van der Waals surface area contributed by atoms with Crippen LogP contribution in [0.1, 0.15) is 58.2 Å². The molecule has 0 aliphatic heterocycles. The topological polar surface area (TPSA) is 3.24 Å². The molecule has 0 radical (unpaired) electrons. The minimum atomic E-state index is -0.788. The van der Waals surface area contributed by atoms with Crippen LogP contribution in [0.4, 0.5) is 17.1 Å². The molecule has 3 aliphatic carbocycles. The van der Waals surface area contributed by atoms with Crippen LogP contribution in [0.3, 0.4) is 0 Å². The van der Waals surface area contributed by atoms with Gasteiger partial charge in [-0.15, -0.1) is 0 Å². The van der Waals surface area contributed by atoms with Crippen molar-refractivity contribution in [1.82, 2.24) is 0 Å². The second kappa shape index (κ2) is 12.6. The molecule has 0 saturated carbocycles. The Hall–Kier alpha value is -7.22. The Labute approximate surface area is 357 Å². The van der Waals surface area contributed by atoms with Crippen molar-refractivity contribution >= 4 is 17.1 Å². The summed E-state index contributed by atoms with van der Waals surface area (Å²) in [6.45, 7) is 4.24. The van der Waals surface area contributed by atoms with Crippen LogP contribution in [0, 0.1) is 0 Å². The van der Waals surface area contributed by atoms with Crippen molar-refractivity contribution in [2.24, 2.45) is 0 Å². The Morgan fingerprint density at radius 3 is 1.36 bits per heavy atom. The first-order valence-electron chi connectivity index (χ1n) is 24.1. The van der Waals surface area contributed by atoms with Gasteiger partial charge in [0.1, 0.15) is 0 Å². The minimum absolute atomic E-state index is 0.123. The van der Waals surface area contributed by atoms with Crippen LogP contribution in [-0.4, -0.2) is 0 Å². The van der Waals surface area contributed by atoms with Gasteiger partial charge >= 0.3 is 0 Å². The molecule has 1 heteroatoms. The van der Waals surface area contributed by atoms with Gasteiger partial charge in [-0.2, -0.15) is 0 Å². The maximum Gasteiger partial charge on any atom is 0.0726 e. The molecule has 12 rings (SSSR count). The molecule has 1 spiro atoms. The number of hydrogen-bond donors (Lipinski definition) is 0. The lowest BCUT2D eigenvalue weighted by molar-refractivity contribution is 0.662. The van der Waals surface area contributed by atoms with E-state index in [-0.39, 0.29) is 70.8 Å². The summed E-state index contributed by atoms with van der Waals surface area (Å²) in [6.07, 6.45) is 0. The second-order valence-corrected chi connectivity index (χ2v) is 16.2. The monoisotopic (exact) mass is 759 g/mol. The Balaban J connectivity index is 1.16. The van der Waals surface area contributed by atoms with Gasteiger partial charge in [0, 0.05) is 22.5 Å². The summed E-state index contributed by atoms with van der Waals surface area (Å²) in [7, 11) is 0. The van der Waals surface area contributed by atoms with Crippen LogP contribution in [0.15, 0.2) is 212 Å². The second-order valence-electron chi connectivity index (χ2n) is 16.2. The molecule has 0 aromatic heterocycles. The van der Waals surface area contributed by atoms with E-state index in [9.17, 15) is 11.0 Å². The summed E-state index contributed by atoms with van der Waals surface area (Å²) in [5.41, 5.74) is 12.6. The number of fused-ring (bicyclic) bond motifs is 13. The van der Waals surface area contributed by atoms with Gasteiger partial charge < -0.3 is 4.90 Å². The predicted octanol–water partition coefficient (Wildman–Crippen LogP) is 15.1. The number of nitrogens with zero attached hydrogens (tertiary/aromatic N) is 1. The normalized spacial score (nSPS) is 16.1. The highest BCUT2D eigenvalue weighted by Gasteiger charge is 2.51. The van der Waals surface area contributed by atoms with Crippen molar-refractivity contribution in [2.75, 3.05) is 4.90 Å². The number of benzene rings is 9. The van der Waals surface area contributed by atoms with Gasteiger partial charge in [-0.05, 0) is 125 Å². The van der Waals surface area contributed by atoms with Crippen molar-refractivity contribution in [3.8, 4) is 55.6 Å². The quantitative estimate of drug-likeness (QED) is 0.169. The van der Waals surface area contributed by atoms with Crippen LogP contribution >= 0.6 is 0 Å². The van der Waals surface area contributed by atoms with E-state index in [0.29, 0.717) is 16.8 Å². The maximum absolute atomic E-state index is 9.97. The van der Waals surface area contributed by atoms with Gasteiger partial charge in [0.15, 0.2) is 0 Å². The molecule has 0 heterocycles.